The largest absolute Gasteiger partial charge is 0.351 e. The molecular formula is C25H40N6O3. The molecule has 2 fully saturated rings. The van der Waals surface area contributed by atoms with E-state index in [4.69, 9.17) is 0 Å². The molecule has 1 aromatic heterocycles. The lowest BCUT2D eigenvalue weighted by atomic mass is 9.94. The number of carbonyl (C=O) groups is 3. The summed E-state index contributed by atoms with van der Waals surface area (Å²) in [6.07, 6.45) is 7.08. The quantitative estimate of drug-likeness (QED) is 0.626. The molecule has 1 saturated carbocycles. The fraction of sp³-hybridized carbons (Fsp3) is 0.760. The fourth-order valence-corrected chi connectivity index (χ4v) is 5.48. The van der Waals surface area contributed by atoms with Crippen LogP contribution in [-0.4, -0.2) is 93.1 Å². The molecule has 0 spiro atoms. The Balaban J connectivity index is 1.54. The van der Waals surface area contributed by atoms with Crippen molar-refractivity contribution in [3.05, 3.63) is 17.5 Å². The van der Waals surface area contributed by atoms with Gasteiger partial charge in [-0.05, 0) is 39.2 Å². The SMILES string of the molecule is CCCCN1C(=O)c2cc(C(=O)N3CCN(CCC)CC3)nn2C[C@]1(C)C(=O)NC1CCCC1. The van der Waals surface area contributed by atoms with Gasteiger partial charge < -0.3 is 15.1 Å². The van der Waals surface area contributed by atoms with E-state index in [9.17, 15) is 14.4 Å². The van der Waals surface area contributed by atoms with E-state index in [1.54, 1.807) is 15.6 Å². The zero-order valence-corrected chi connectivity index (χ0v) is 21.0. The maximum absolute atomic E-state index is 13.6. The summed E-state index contributed by atoms with van der Waals surface area (Å²) in [4.78, 5) is 46.1. The molecule has 0 aromatic carbocycles. The van der Waals surface area contributed by atoms with Crippen LogP contribution in [0.2, 0.25) is 0 Å². The minimum absolute atomic E-state index is 0.120. The molecular weight excluding hydrogens is 432 g/mol. The third-order valence-electron chi connectivity index (χ3n) is 7.63. The number of nitrogens with one attached hydrogen (secondary N) is 1. The number of unbranched alkanes of at least 4 members (excludes halogenated alkanes) is 1. The van der Waals surface area contributed by atoms with Crippen molar-refractivity contribution in [2.24, 2.45) is 0 Å². The van der Waals surface area contributed by atoms with Crippen LogP contribution in [0, 0.1) is 0 Å². The van der Waals surface area contributed by atoms with E-state index in [0.29, 0.717) is 31.0 Å². The van der Waals surface area contributed by atoms with Gasteiger partial charge in [-0.15, -0.1) is 0 Å². The summed E-state index contributed by atoms with van der Waals surface area (Å²) in [6.45, 7) is 10.9. The van der Waals surface area contributed by atoms with Crippen LogP contribution in [-0.2, 0) is 11.3 Å². The van der Waals surface area contributed by atoms with Gasteiger partial charge in [0, 0.05) is 44.8 Å². The molecule has 2 aliphatic heterocycles. The molecule has 34 heavy (non-hydrogen) atoms. The number of nitrogens with zero attached hydrogens (tertiary/aromatic N) is 5. The first-order valence-corrected chi connectivity index (χ1v) is 13.1. The highest BCUT2D eigenvalue weighted by molar-refractivity contribution is 6.02. The monoisotopic (exact) mass is 472 g/mol. The molecule has 9 heteroatoms. The third-order valence-corrected chi connectivity index (χ3v) is 7.63. The predicted octanol–water partition coefficient (Wildman–Crippen LogP) is 2.12. The number of hydrogen-bond donors (Lipinski definition) is 1. The summed E-state index contributed by atoms with van der Waals surface area (Å²) in [5.41, 5.74) is -0.335. The molecule has 0 unspecified atom stereocenters. The molecule has 0 bridgehead atoms. The Kier molecular flexibility index (Phi) is 7.60. The van der Waals surface area contributed by atoms with Crippen molar-refractivity contribution >= 4 is 17.7 Å². The Morgan fingerprint density at radius 3 is 2.44 bits per heavy atom. The average molecular weight is 473 g/mol. The summed E-state index contributed by atoms with van der Waals surface area (Å²) in [5, 5.41) is 7.73. The second kappa shape index (κ2) is 10.5. The van der Waals surface area contributed by atoms with E-state index in [2.05, 4.69) is 29.2 Å². The lowest BCUT2D eigenvalue weighted by molar-refractivity contribution is -0.133. The molecule has 1 aliphatic carbocycles. The number of aromatic nitrogens is 2. The van der Waals surface area contributed by atoms with Crippen LogP contribution < -0.4 is 5.32 Å². The highest BCUT2D eigenvalue weighted by Crippen LogP contribution is 2.29. The molecule has 4 rings (SSSR count). The van der Waals surface area contributed by atoms with E-state index < -0.39 is 5.54 Å². The van der Waals surface area contributed by atoms with Crippen LogP contribution in [0.25, 0.3) is 0 Å². The normalized spacial score (nSPS) is 23.9. The van der Waals surface area contributed by atoms with Gasteiger partial charge in [0.1, 0.15) is 11.2 Å². The van der Waals surface area contributed by atoms with Gasteiger partial charge in [0.15, 0.2) is 5.69 Å². The van der Waals surface area contributed by atoms with Crippen molar-refractivity contribution in [1.82, 2.24) is 29.8 Å². The number of hydrogen-bond acceptors (Lipinski definition) is 5. The predicted molar refractivity (Wildman–Crippen MR) is 130 cm³/mol. The summed E-state index contributed by atoms with van der Waals surface area (Å²) < 4.78 is 1.58. The zero-order chi connectivity index (χ0) is 24.3. The lowest BCUT2D eigenvalue weighted by Crippen LogP contribution is -2.65. The van der Waals surface area contributed by atoms with Crippen molar-refractivity contribution in [3.63, 3.8) is 0 Å². The lowest BCUT2D eigenvalue weighted by Gasteiger charge is -2.43. The van der Waals surface area contributed by atoms with Crippen LogP contribution >= 0.6 is 0 Å². The van der Waals surface area contributed by atoms with Crippen LogP contribution in [0.3, 0.4) is 0 Å². The highest BCUT2D eigenvalue weighted by atomic mass is 16.2. The molecule has 1 aromatic rings. The number of amides is 3. The minimum atomic E-state index is -1.03. The fourth-order valence-electron chi connectivity index (χ4n) is 5.48. The van der Waals surface area contributed by atoms with Gasteiger partial charge in [-0.3, -0.25) is 24.0 Å². The molecule has 1 N–H and O–H groups in total. The van der Waals surface area contributed by atoms with Crippen molar-refractivity contribution in [1.29, 1.82) is 0 Å². The first kappa shape index (κ1) is 24.7. The molecule has 9 nitrogen and oxygen atoms in total. The Hall–Kier alpha value is -2.42. The molecule has 3 aliphatic rings. The van der Waals surface area contributed by atoms with E-state index in [1.807, 2.05) is 11.8 Å². The topological polar surface area (TPSA) is 90.8 Å². The van der Waals surface area contributed by atoms with Crippen LogP contribution in [0.1, 0.15) is 86.7 Å². The third kappa shape index (κ3) is 4.85. The van der Waals surface area contributed by atoms with Gasteiger partial charge in [0.05, 0.1) is 6.54 Å². The Morgan fingerprint density at radius 2 is 1.79 bits per heavy atom. The second-order valence-electron chi connectivity index (χ2n) is 10.2. The summed E-state index contributed by atoms with van der Waals surface area (Å²) >= 11 is 0. The van der Waals surface area contributed by atoms with Crippen LogP contribution in [0.15, 0.2) is 6.07 Å². The number of fused-ring (bicyclic) bond motifs is 1. The van der Waals surface area contributed by atoms with Gasteiger partial charge in [-0.1, -0.05) is 33.1 Å². The van der Waals surface area contributed by atoms with Gasteiger partial charge in [0.2, 0.25) is 5.91 Å². The molecule has 1 atom stereocenters. The van der Waals surface area contributed by atoms with Crippen molar-refractivity contribution < 1.29 is 14.4 Å². The first-order valence-electron chi connectivity index (χ1n) is 13.1. The maximum Gasteiger partial charge on any atom is 0.274 e. The summed E-state index contributed by atoms with van der Waals surface area (Å²) in [5.74, 6) is -0.476. The van der Waals surface area contributed by atoms with Gasteiger partial charge in [-0.25, -0.2) is 0 Å². The second-order valence-corrected chi connectivity index (χ2v) is 10.2. The molecule has 188 valence electrons. The smallest absolute Gasteiger partial charge is 0.274 e. The van der Waals surface area contributed by atoms with Gasteiger partial charge in [-0.2, -0.15) is 5.10 Å². The Morgan fingerprint density at radius 1 is 1.09 bits per heavy atom. The van der Waals surface area contributed by atoms with Crippen molar-refractivity contribution in [3.8, 4) is 0 Å². The van der Waals surface area contributed by atoms with E-state index >= 15 is 0 Å². The van der Waals surface area contributed by atoms with Crippen LogP contribution in [0.4, 0.5) is 0 Å². The minimum Gasteiger partial charge on any atom is -0.351 e. The van der Waals surface area contributed by atoms with E-state index in [0.717, 1.165) is 64.6 Å². The Labute approximate surface area is 202 Å². The standard InChI is InChI=1S/C25H40N6O3/c1-4-6-12-30-23(33)21-17-20(22(32)29-15-13-28(11-5-2)14-16-29)27-31(21)18-25(30,3)24(34)26-19-9-7-8-10-19/h17,19H,4-16,18H2,1-3H3,(H,26,34)/t25-/m1/s1. The van der Waals surface area contributed by atoms with Gasteiger partial charge in [0.25, 0.3) is 11.8 Å². The number of piperazine rings is 1. The molecule has 3 heterocycles. The highest BCUT2D eigenvalue weighted by Gasteiger charge is 2.48. The van der Waals surface area contributed by atoms with Crippen molar-refractivity contribution in [2.45, 2.75) is 83.8 Å². The number of rotatable bonds is 8. The first-order chi connectivity index (χ1) is 16.4. The molecule has 3 amide bonds. The summed E-state index contributed by atoms with van der Waals surface area (Å²) in [6, 6.07) is 1.80. The van der Waals surface area contributed by atoms with Gasteiger partial charge >= 0.3 is 0 Å². The average Bonchev–Trinajstić information content (AvgIpc) is 3.49. The number of carbonyl (C=O) groups excluding carboxylic acids is 3. The van der Waals surface area contributed by atoms with E-state index in [1.165, 1.54) is 0 Å². The molecule has 1 saturated heterocycles. The van der Waals surface area contributed by atoms with Crippen molar-refractivity contribution in [2.75, 3.05) is 39.3 Å². The summed E-state index contributed by atoms with van der Waals surface area (Å²) in [7, 11) is 0. The zero-order valence-electron chi connectivity index (χ0n) is 21.0. The van der Waals surface area contributed by atoms with Crippen LogP contribution in [0.5, 0.6) is 0 Å². The maximum atomic E-state index is 13.6. The van der Waals surface area contributed by atoms with E-state index in [-0.39, 0.29) is 30.3 Å². The Bertz CT molecular complexity index is 900. The molecule has 0 radical (unpaired) electrons.